The second-order valence-corrected chi connectivity index (χ2v) is 6.98. The van der Waals surface area contributed by atoms with Crippen molar-refractivity contribution in [3.05, 3.63) is 35.4 Å². The Morgan fingerprint density at radius 2 is 2.19 bits per heavy atom. The van der Waals surface area contributed by atoms with Crippen molar-refractivity contribution in [2.45, 2.75) is 31.9 Å². The van der Waals surface area contributed by atoms with Crippen LogP contribution in [0.3, 0.4) is 0 Å². The van der Waals surface area contributed by atoms with Crippen molar-refractivity contribution in [1.29, 1.82) is 0 Å². The SMILES string of the molecule is CSCC(C)(O)CNC(=O)NC1c2ccccc2CC1C. The summed E-state index contributed by atoms with van der Waals surface area (Å²) in [5.74, 6) is 0.982. The zero-order chi connectivity index (χ0) is 15.5. The second-order valence-electron chi connectivity index (χ2n) is 6.11. The van der Waals surface area contributed by atoms with E-state index in [1.165, 1.54) is 11.1 Å². The molecule has 0 heterocycles. The van der Waals surface area contributed by atoms with Crippen LogP contribution in [0.25, 0.3) is 0 Å². The molecule has 0 bridgehead atoms. The summed E-state index contributed by atoms with van der Waals surface area (Å²) < 4.78 is 0. The summed E-state index contributed by atoms with van der Waals surface area (Å²) in [5, 5.41) is 15.9. The molecule has 0 fully saturated rings. The van der Waals surface area contributed by atoms with Gasteiger partial charge in [-0.25, -0.2) is 4.79 Å². The Balaban J connectivity index is 1.91. The normalized spacial score (nSPS) is 23.2. The lowest BCUT2D eigenvalue weighted by Gasteiger charge is -2.24. The van der Waals surface area contributed by atoms with Crippen molar-refractivity contribution in [2.24, 2.45) is 5.92 Å². The lowest BCUT2D eigenvalue weighted by Crippen LogP contribution is -2.47. The average molecular weight is 308 g/mol. The molecule has 0 aromatic heterocycles. The van der Waals surface area contributed by atoms with Gasteiger partial charge in [-0.05, 0) is 36.6 Å². The molecular formula is C16H24N2O2S. The molecule has 2 amide bonds. The third-order valence-electron chi connectivity index (χ3n) is 3.87. The summed E-state index contributed by atoms with van der Waals surface area (Å²) >= 11 is 1.56. The summed E-state index contributed by atoms with van der Waals surface area (Å²) in [6.45, 7) is 4.13. The largest absolute Gasteiger partial charge is 0.387 e. The number of thioether (sulfide) groups is 1. The number of aliphatic hydroxyl groups is 1. The van der Waals surface area contributed by atoms with E-state index in [-0.39, 0.29) is 18.6 Å². The Morgan fingerprint density at radius 1 is 1.48 bits per heavy atom. The third-order valence-corrected chi connectivity index (χ3v) is 4.78. The molecule has 2 rings (SSSR count). The molecule has 0 spiro atoms. The highest BCUT2D eigenvalue weighted by Crippen LogP contribution is 2.35. The van der Waals surface area contributed by atoms with E-state index in [2.05, 4.69) is 29.7 Å². The third kappa shape index (κ3) is 4.14. The number of fused-ring (bicyclic) bond motifs is 1. The highest BCUT2D eigenvalue weighted by atomic mass is 32.2. The Labute approximate surface area is 130 Å². The number of rotatable bonds is 5. The highest BCUT2D eigenvalue weighted by Gasteiger charge is 2.30. The van der Waals surface area contributed by atoms with Crippen LogP contribution in [0, 0.1) is 5.92 Å². The molecule has 3 unspecified atom stereocenters. The van der Waals surface area contributed by atoms with Crippen molar-refractivity contribution >= 4 is 17.8 Å². The van der Waals surface area contributed by atoms with Crippen molar-refractivity contribution in [3.63, 3.8) is 0 Å². The van der Waals surface area contributed by atoms with E-state index in [1.54, 1.807) is 18.7 Å². The van der Waals surface area contributed by atoms with Crippen LogP contribution in [0.4, 0.5) is 4.79 Å². The van der Waals surface area contributed by atoms with Crippen LogP contribution in [0.2, 0.25) is 0 Å². The molecule has 116 valence electrons. The molecule has 3 atom stereocenters. The van der Waals surface area contributed by atoms with E-state index >= 15 is 0 Å². The van der Waals surface area contributed by atoms with Gasteiger partial charge in [0.15, 0.2) is 0 Å². The molecule has 3 N–H and O–H groups in total. The van der Waals surface area contributed by atoms with Crippen LogP contribution in [0.1, 0.15) is 31.0 Å². The fraction of sp³-hybridized carbons (Fsp3) is 0.562. The molecule has 0 aliphatic heterocycles. The quantitative estimate of drug-likeness (QED) is 0.782. The lowest BCUT2D eigenvalue weighted by molar-refractivity contribution is 0.0867. The smallest absolute Gasteiger partial charge is 0.315 e. The first-order valence-electron chi connectivity index (χ1n) is 7.26. The number of nitrogens with one attached hydrogen (secondary N) is 2. The first-order chi connectivity index (χ1) is 9.93. The van der Waals surface area contributed by atoms with Crippen molar-refractivity contribution in [1.82, 2.24) is 10.6 Å². The first kappa shape index (κ1) is 16.2. The molecule has 0 radical (unpaired) electrons. The maximum atomic E-state index is 12.1. The Hall–Kier alpha value is -1.20. The van der Waals surface area contributed by atoms with Gasteiger partial charge in [0.1, 0.15) is 0 Å². The van der Waals surface area contributed by atoms with Gasteiger partial charge in [0, 0.05) is 12.3 Å². The first-order valence-corrected chi connectivity index (χ1v) is 8.66. The molecule has 0 saturated heterocycles. The van der Waals surface area contributed by atoms with E-state index < -0.39 is 5.60 Å². The van der Waals surface area contributed by atoms with Crippen LogP contribution in [-0.2, 0) is 6.42 Å². The van der Waals surface area contributed by atoms with E-state index in [4.69, 9.17) is 0 Å². The molecular weight excluding hydrogens is 284 g/mol. The van der Waals surface area contributed by atoms with Crippen molar-refractivity contribution < 1.29 is 9.90 Å². The van der Waals surface area contributed by atoms with Gasteiger partial charge in [-0.1, -0.05) is 31.2 Å². The van der Waals surface area contributed by atoms with Crippen molar-refractivity contribution in [3.8, 4) is 0 Å². The summed E-state index contributed by atoms with van der Waals surface area (Å²) in [5.41, 5.74) is 1.64. The van der Waals surface area contributed by atoms with Crippen LogP contribution in [0.5, 0.6) is 0 Å². The molecule has 4 nitrogen and oxygen atoms in total. The molecule has 1 aliphatic carbocycles. The van der Waals surface area contributed by atoms with Gasteiger partial charge in [0.2, 0.25) is 0 Å². The van der Waals surface area contributed by atoms with Gasteiger partial charge in [-0.15, -0.1) is 0 Å². The topological polar surface area (TPSA) is 61.4 Å². The minimum atomic E-state index is -0.879. The van der Waals surface area contributed by atoms with E-state index in [0.717, 1.165) is 6.42 Å². The van der Waals surface area contributed by atoms with Gasteiger partial charge in [0.25, 0.3) is 0 Å². The molecule has 1 aromatic carbocycles. The number of amides is 2. The molecule has 5 heteroatoms. The van der Waals surface area contributed by atoms with Crippen LogP contribution < -0.4 is 10.6 Å². The number of carbonyl (C=O) groups excluding carboxylic acids is 1. The Bertz CT molecular complexity index is 505. The summed E-state index contributed by atoms with van der Waals surface area (Å²) in [7, 11) is 0. The minimum Gasteiger partial charge on any atom is -0.387 e. The highest BCUT2D eigenvalue weighted by molar-refractivity contribution is 7.98. The summed E-state index contributed by atoms with van der Waals surface area (Å²) in [6, 6.07) is 8.07. The van der Waals surface area contributed by atoms with Gasteiger partial charge < -0.3 is 15.7 Å². The molecule has 21 heavy (non-hydrogen) atoms. The fourth-order valence-corrected chi connectivity index (χ4v) is 3.56. The molecule has 1 aliphatic rings. The van der Waals surface area contributed by atoms with Crippen LogP contribution in [0.15, 0.2) is 24.3 Å². The maximum absolute atomic E-state index is 12.1. The maximum Gasteiger partial charge on any atom is 0.315 e. The number of hydrogen-bond donors (Lipinski definition) is 3. The van der Waals surface area contributed by atoms with Crippen molar-refractivity contribution in [2.75, 3.05) is 18.6 Å². The average Bonchev–Trinajstić information content (AvgIpc) is 2.73. The number of urea groups is 1. The van der Waals surface area contributed by atoms with Crippen LogP contribution in [-0.4, -0.2) is 35.3 Å². The number of hydrogen-bond acceptors (Lipinski definition) is 3. The second kappa shape index (κ2) is 6.71. The predicted octanol–water partition coefficient (Wildman–Crippen LogP) is 2.33. The summed E-state index contributed by atoms with van der Waals surface area (Å²) in [6.07, 6.45) is 2.93. The molecule has 1 aromatic rings. The van der Waals surface area contributed by atoms with E-state index in [1.807, 2.05) is 18.4 Å². The minimum absolute atomic E-state index is 0.0479. The fourth-order valence-electron chi connectivity index (χ4n) is 2.84. The number of benzene rings is 1. The Morgan fingerprint density at radius 3 is 2.90 bits per heavy atom. The molecule has 0 saturated carbocycles. The monoisotopic (exact) mass is 308 g/mol. The zero-order valence-corrected chi connectivity index (χ0v) is 13.7. The predicted molar refractivity (Wildman–Crippen MR) is 87.6 cm³/mol. The van der Waals surface area contributed by atoms with Crippen LogP contribution >= 0.6 is 11.8 Å². The summed E-state index contributed by atoms with van der Waals surface area (Å²) in [4.78, 5) is 12.1. The van der Waals surface area contributed by atoms with E-state index in [9.17, 15) is 9.90 Å². The van der Waals surface area contributed by atoms with E-state index in [0.29, 0.717) is 11.7 Å². The van der Waals surface area contributed by atoms with Gasteiger partial charge in [-0.3, -0.25) is 0 Å². The number of carbonyl (C=O) groups is 1. The van der Waals surface area contributed by atoms with Gasteiger partial charge in [0.05, 0.1) is 11.6 Å². The standard InChI is InChI=1S/C16H24N2O2S/c1-11-8-12-6-4-5-7-13(12)14(11)18-15(19)17-9-16(2,20)10-21-3/h4-7,11,14,20H,8-10H2,1-3H3,(H2,17,18,19). The zero-order valence-electron chi connectivity index (χ0n) is 12.8. The lowest BCUT2D eigenvalue weighted by atomic mass is 10.0. The Kier molecular flexibility index (Phi) is 5.17. The van der Waals surface area contributed by atoms with Gasteiger partial charge >= 0.3 is 6.03 Å². The van der Waals surface area contributed by atoms with Gasteiger partial charge in [-0.2, -0.15) is 11.8 Å².